The number of benzene rings is 1. The van der Waals surface area contributed by atoms with Crippen LogP contribution in [0.3, 0.4) is 0 Å². The Kier molecular flexibility index (Phi) is 5.33. The van der Waals surface area contributed by atoms with E-state index in [2.05, 4.69) is 11.3 Å². The maximum Gasteiger partial charge on any atom is 0.272 e. The number of likely N-dealkylation sites (N-methyl/N-ethyl adjacent to an activating group) is 1. The number of aromatic nitrogens is 4. The Hall–Kier alpha value is -3.64. The van der Waals surface area contributed by atoms with Gasteiger partial charge in [0.15, 0.2) is 0 Å². The number of rotatable bonds is 4. The van der Waals surface area contributed by atoms with E-state index in [0.29, 0.717) is 61.2 Å². The lowest BCUT2D eigenvalue weighted by molar-refractivity contribution is 0.00387. The molecule has 1 saturated carbocycles. The van der Waals surface area contributed by atoms with Gasteiger partial charge in [0.25, 0.3) is 5.91 Å². The first kappa shape index (κ1) is 21.9. The summed E-state index contributed by atoms with van der Waals surface area (Å²) in [7, 11) is 1.75. The molecule has 2 atom stereocenters. The Bertz CT molecular complexity index is 1360. The molecule has 35 heavy (non-hydrogen) atoms. The van der Waals surface area contributed by atoms with Crippen LogP contribution in [0.25, 0.3) is 11.3 Å². The highest BCUT2D eigenvalue weighted by molar-refractivity contribution is 5.96. The van der Waals surface area contributed by atoms with Gasteiger partial charge in [-0.1, -0.05) is 0 Å². The maximum atomic E-state index is 15.1. The molecule has 6 rings (SSSR count). The summed E-state index contributed by atoms with van der Waals surface area (Å²) in [4.78, 5) is 24.3. The average molecular weight is 473 g/mol. The van der Waals surface area contributed by atoms with Crippen molar-refractivity contribution in [1.29, 1.82) is 5.26 Å². The van der Waals surface area contributed by atoms with Crippen molar-refractivity contribution in [3.8, 4) is 17.3 Å². The highest BCUT2D eigenvalue weighted by Gasteiger charge is 2.34. The molecule has 8 nitrogen and oxygen atoms in total. The Morgan fingerprint density at radius 2 is 2.03 bits per heavy atom. The molecule has 0 bridgehead atoms. The van der Waals surface area contributed by atoms with E-state index >= 15 is 4.39 Å². The fourth-order valence-electron chi connectivity index (χ4n) is 4.98. The van der Waals surface area contributed by atoms with Crippen LogP contribution in [-0.4, -0.2) is 50.8 Å². The van der Waals surface area contributed by atoms with Crippen LogP contribution in [-0.2, 0) is 11.2 Å². The average Bonchev–Trinajstić information content (AvgIpc) is 3.62. The van der Waals surface area contributed by atoms with E-state index in [1.54, 1.807) is 24.1 Å². The number of carbonyl (C=O) groups excluding carboxylic acids is 1. The summed E-state index contributed by atoms with van der Waals surface area (Å²) in [6, 6.07) is 6.82. The summed E-state index contributed by atoms with van der Waals surface area (Å²) in [5.74, 6) is -0.211. The minimum Gasteiger partial charge on any atom is -0.373 e. The Balaban J connectivity index is 1.39. The molecular weight excluding hydrogens is 447 g/mol. The van der Waals surface area contributed by atoms with Crippen LogP contribution in [0.2, 0.25) is 0 Å². The second-order valence-electron chi connectivity index (χ2n) is 9.61. The van der Waals surface area contributed by atoms with Gasteiger partial charge < -0.3 is 9.64 Å². The summed E-state index contributed by atoms with van der Waals surface area (Å²) in [5, 5.41) is 13.6. The third kappa shape index (κ3) is 3.98. The smallest absolute Gasteiger partial charge is 0.272 e. The van der Waals surface area contributed by atoms with Gasteiger partial charge in [0.1, 0.15) is 17.3 Å². The van der Waals surface area contributed by atoms with E-state index in [9.17, 15) is 4.79 Å². The van der Waals surface area contributed by atoms with Crippen LogP contribution < -0.4 is 0 Å². The zero-order valence-corrected chi connectivity index (χ0v) is 19.4. The molecular formula is C26H25FN6O2. The number of hydrogen-bond acceptors (Lipinski definition) is 6. The normalized spacial score (nSPS) is 22.1. The summed E-state index contributed by atoms with van der Waals surface area (Å²) in [6.45, 7) is 1.06. The first-order valence-electron chi connectivity index (χ1n) is 12.0. The number of halogens is 1. The van der Waals surface area contributed by atoms with Gasteiger partial charge in [0.2, 0.25) is 0 Å². The fourth-order valence-corrected chi connectivity index (χ4v) is 4.98. The van der Waals surface area contributed by atoms with Crippen LogP contribution in [0.15, 0.2) is 30.6 Å². The molecule has 0 unspecified atom stereocenters. The standard InChI is InChI=1S/C26H25FN6O2/c1-32-8-6-20-23(19-5-2-15(12-28)10-21(19)27)30-25(31-24(20)26(32)34)16-7-9-35-22(11-16)17-13-29-33(14-17)18-3-4-18/h2,5,10,13-14,16,18,22H,3-4,6-9,11H2,1H3/t16-,22+/m0/s1. The third-order valence-electron chi connectivity index (χ3n) is 7.19. The quantitative estimate of drug-likeness (QED) is 0.570. The molecule has 2 aliphatic heterocycles. The molecule has 2 aromatic heterocycles. The van der Waals surface area contributed by atoms with E-state index in [0.717, 1.165) is 18.4 Å². The molecule has 178 valence electrons. The van der Waals surface area contributed by atoms with Crippen molar-refractivity contribution in [2.75, 3.05) is 20.2 Å². The second kappa shape index (κ2) is 8.54. The lowest BCUT2D eigenvalue weighted by Crippen LogP contribution is -2.36. The summed E-state index contributed by atoms with van der Waals surface area (Å²) >= 11 is 0. The van der Waals surface area contributed by atoms with Crippen molar-refractivity contribution >= 4 is 5.91 Å². The van der Waals surface area contributed by atoms with Gasteiger partial charge in [-0.2, -0.15) is 10.4 Å². The highest BCUT2D eigenvalue weighted by Crippen LogP contribution is 2.40. The first-order valence-corrected chi connectivity index (χ1v) is 12.0. The third-order valence-corrected chi connectivity index (χ3v) is 7.19. The molecule has 0 radical (unpaired) electrons. The van der Waals surface area contributed by atoms with Gasteiger partial charge in [0, 0.05) is 49.0 Å². The maximum absolute atomic E-state index is 15.1. The second-order valence-corrected chi connectivity index (χ2v) is 9.61. The summed E-state index contributed by atoms with van der Waals surface area (Å²) < 4.78 is 23.1. The van der Waals surface area contributed by atoms with Gasteiger partial charge in [-0.25, -0.2) is 14.4 Å². The lowest BCUT2D eigenvalue weighted by atomic mass is 9.91. The van der Waals surface area contributed by atoms with Gasteiger partial charge in [-0.3, -0.25) is 9.48 Å². The van der Waals surface area contributed by atoms with E-state index in [-0.39, 0.29) is 29.1 Å². The van der Waals surface area contributed by atoms with Gasteiger partial charge in [-0.05, 0) is 50.3 Å². The molecule has 1 aromatic carbocycles. The monoisotopic (exact) mass is 472 g/mol. The number of nitrogens with zero attached hydrogens (tertiary/aromatic N) is 6. The van der Waals surface area contributed by atoms with E-state index in [1.807, 2.05) is 16.9 Å². The number of hydrogen-bond donors (Lipinski definition) is 0. The highest BCUT2D eigenvalue weighted by atomic mass is 19.1. The van der Waals surface area contributed by atoms with Gasteiger partial charge in [0.05, 0.1) is 35.7 Å². The number of nitriles is 1. The van der Waals surface area contributed by atoms with E-state index in [4.69, 9.17) is 20.0 Å². The van der Waals surface area contributed by atoms with E-state index < -0.39 is 5.82 Å². The van der Waals surface area contributed by atoms with Crippen LogP contribution in [0.5, 0.6) is 0 Å². The number of ether oxygens (including phenoxy) is 1. The molecule has 1 saturated heterocycles. The lowest BCUT2D eigenvalue weighted by Gasteiger charge is -2.30. The van der Waals surface area contributed by atoms with Crippen LogP contribution in [0.4, 0.5) is 4.39 Å². The summed E-state index contributed by atoms with van der Waals surface area (Å²) in [5.41, 5.74) is 3.01. The van der Waals surface area contributed by atoms with Gasteiger partial charge in [-0.15, -0.1) is 0 Å². The Labute approximate surface area is 202 Å². The molecule has 1 aliphatic carbocycles. The number of fused-ring (bicyclic) bond motifs is 1. The summed E-state index contributed by atoms with van der Waals surface area (Å²) in [6.07, 6.45) is 8.05. The SMILES string of the molecule is CN1CCc2c(nc([C@H]3CCO[C@@H](c4cnn(C5CC5)c4)C3)nc2-c2ccc(C#N)cc2F)C1=O. The Morgan fingerprint density at radius 1 is 1.20 bits per heavy atom. The van der Waals surface area contributed by atoms with Crippen molar-refractivity contribution in [1.82, 2.24) is 24.6 Å². The first-order chi connectivity index (χ1) is 17.0. The molecule has 4 heterocycles. The molecule has 2 fully saturated rings. The van der Waals surface area contributed by atoms with Crippen molar-refractivity contribution < 1.29 is 13.9 Å². The molecule has 0 N–H and O–H groups in total. The fraction of sp³-hybridized carbons (Fsp3) is 0.423. The van der Waals surface area contributed by atoms with Crippen molar-refractivity contribution in [2.45, 2.75) is 50.2 Å². The number of amides is 1. The largest absolute Gasteiger partial charge is 0.373 e. The molecule has 9 heteroatoms. The molecule has 0 spiro atoms. The predicted molar refractivity (Wildman–Crippen MR) is 124 cm³/mol. The number of carbonyl (C=O) groups is 1. The zero-order chi connectivity index (χ0) is 24.1. The minimum atomic E-state index is -0.528. The van der Waals surface area contributed by atoms with Crippen molar-refractivity contribution in [3.63, 3.8) is 0 Å². The van der Waals surface area contributed by atoms with Crippen LogP contribution in [0.1, 0.15) is 76.8 Å². The molecule has 3 aromatic rings. The molecule has 1 amide bonds. The van der Waals surface area contributed by atoms with Crippen LogP contribution in [0, 0.1) is 17.1 Å². The zero-order valence-electron chi connectivity index (χ0n) is 19.4. The Morgan fingerprint density at radius 3 is 2.80 bits per heavy atom. The van der Waals surface area contributed by atoms with E-state index in [1.165, 1.54) is 6.07 Å². The predicted octanol–water partition coefficient (Wildman–Crippen LogP) is 3.95. The minimum absolute atomic E-state index is 0.0384. The van der Waals surface area contributed by atoms with Crippen molar-refractivity contribution in [2.24, 2.45) is 0 Å². The van der Waals surface area contributed by atoms with Crippen LogP contribution >= 0.6 is 0 Å². The topological polar surface area (TPSA) is 96.9 Å². The molecule has 3 aliphatic rings. The van der Waals surface area contributed by atoms with Crippen molar-refractivity contribution in [3.05, 3.63) is 64.6 Å². The van der Waals surface area contributed by atoms with Gasteiger partial charge >= 0.3 is 0 Å².